The minimum Gasteiger partial charge on any atom is -0.477 e. The first-order valence-corrected chi connectivity index (χ1v) is 4.33. The third-order valence-corrected chi connectivity index (χ3v) is 1.10. The summed E-state index contributed by atoms with van der Waals surface area (Å²) < 4.78 is 0. The van der Waals surface area contributed by atoms with Crippen LogP contribution in [-0.4, -0.2) is 36.5 Å². The zero-order valence-corrected chi connectivity index (χ0v) is 8.72. The molecule has 0 rings (SSSR count). The van der Waals surface area contributed by atoms with Crippen LogP contribution in [0.15, 0.2) is 11.8 Å². The molecule has 0 saturated carbocycles. The van der Waals surface area contributed by atoms with Gasteiger partial charge in [0, 0.05) is 20.5 Å². The molecular formula is C8H16ClNO2. The highest BCUT2D eigenvalue weighted by molar-refractivity contribution is 6.15. The second kappa shape index (κ2) is 8.40. The minimum atomic E-state index is -0.869. The summed E-state index contributed by atoms with van der Waals surface area (Å²) in [6, 6.07) is 0. The van der Waals surface area contributed by atoms with E-state index in [-0.39, 0.29) is 0 Å². The SMILES string of the molecule is CC/C=C(\C(=O)O)N(C)C.CCl. The summed E-state index contributed by atoms with van der Waals surface area (Å²) in [4.78, 5) is 12.0. The number of aliphatic carboxylic acids is 1. The van der Waals surface area contributed by atoms with Gasteiger partial charge in [-0.3, -0.25) is 0 Å². The van der Waals surface area contributed by atoms with Crippen molar-refractivity contribution in [2.24, 2.45) is 0 Å². The molecule has 4 heteroatoms. The van der Waals surface area contributed by atoms with E-state index in [2.05, 4.69) is 11.6 Å². The minimum absolute atomic E-state index is 0.350. The highest BCUT2D eigenvalue weighted by Crippen LogP contribution is 1.99. The summed E-state index contributed by atoms with van der Waals surface area (Å²) in [6.45, 7) is 1.91. The molecule has 0 aliphatic heterocycles. The first-order valence-electron chi connectivity index (χ1n) is 3.58. The molecule has 0 fully saturated rings. The zero-order chi connectivity index (χ0) is 10.1. The Kier molecular flexibility index (Phi) is 9.70. The van der Waals surface area contributed by atoms with E-state index < -0.39 is 5.97 Å². The summed E-state index contributed by atoms with van der Waals surface area (Å²) >= 11 is 4.64. The Morgan fingerprint density at radius 3 is 2.00 bits per heavy atom. The van der Waals surface area contributed by atoms with Crippen LogP contribution in [0.1, 0.15) is 13.3 Å². The van der Waals surface area contributed by atoms with Crippen molar-refractivity contribution in [3.63, 3.8) is 0 Å². The molecule has 0 saturated heterocycles. The van der Waals surface area contributed by atoms with Crippen LogP contribution in [0.3, 0.4) is 0 Å². The molecular weight excluding hydrogens is 178 g/mol. The fraction of sp³-hybridized carbons (Fsp3) is 0.625. The maximum Gasteiger partial charge on any atom is 0.351 e. The number of rotatable bonds is 3. The van der Waals surface area contributed by atoms with Crippen LogP contribution in [0.2, 0.25) is 0 Å². The molecule has 3 nitrogen and oxygen atoms in total. The number of hydrogen-bond donors (Lipinski definition) is 1. The van der Waals surface area contributed by atoms with Gasteiger partial charge in [-0.1, -0.05) is 13.0 Å². The molecule has 0 unspecified atom stereocenters. The van der Waals surface area contributed by atoms with Crippen molar-refractivity contribution in [1.82, 2.24) is 4.90 Å². The van der Waals surface area contributed by atoms with Gasteiger partial charge in [-0.05, 0) is 6.42 Å². The van der Waals surface area contributed by atoms with Crippen molar-refractivity contribution in [3.8, 4) is 0 Å². The monoisotopic (exact) mass is 193 g/mol. The summed E-state index contributed by atoms with van der Waals surface area (Å²) in [5.74, 6) is -0.869. The Labute approximate surface area is 78.6 Å². The number of nitrogens with zero attached hydrogens (tertiary/aromatic N) is 1. The molecule has 0 aliphatic rings. The van der Waals surface area contributed by atoms with Gasteiger partial charge in [0.25, 0.3) is 0 Å². The highest BCUT2D eigenvalue weighted by atomic mass is 35.5. The standard InChI is InChI=1S/C7H13NO2.CH3Cl/c1-4-5-6(7(9)10)8(2)3;1-2/h5H,4H2,1-3H3,(H,9,10);1H3/b6-5+;. The molecule has 0 spiro atoms. The second-order valence-corrected chi connectivity index (χ2v) is 2.20. The predicted octanol–water partition coefficient (Wildman–Crippen LogP) is 1.78. The quantitative estimate of drug-likeness (QED) is 0.549. The molecule has 0 radical (unpaired) electrons. The van der Waals surface area contributed by atoms with E-state index in [1.807, 2.05) is 6.92 Å². The van der Waals surface area contributed by atoms with Crippen molar-refractivity contribution >= 4 is 17.6 Å². The zero-order valence-electron chi connectivity index (χ0n) is 7.97. The van der Waals surface area contributed by atoms with E-state index in [0.717, 1.165) is 6.42 Å². The number of carbonyl (C=O) groups is 1. The molecule has 72 valence electrons. The van der Waals surface area contributed by atoms with E-state index in [9.17, 15) is 4.79 Å². The number of hydrogen-bond acceptors (Lipinski definition) is 2. The largest absolute Gasteiger partial charge is 0.477 e. The lowest BCUT2D eigenvalue weighted by Crippen LogP contribution is -2.18. The highest BCUT2D eigenvalue weighted by Gasteiger charge is 2.06. The Bertz CT molecular complexity index is 155. The van der Waals surface area contributed by atoms with Crippen LogP contribution in [0, 0.1) is 0 Å². The van der Waals surface area contributed by atoms with Gasteiger partial charge in [-0.15, -0.1) is 11.6 Å². The fourth-order valence-electron chi connectivity index (χ4n) is 0.655. The van der Waals surface area contributed by atoms with Gasteiger partial charge in [0.05, 0.1) is 0 Å². The summed E-state index contributed by atoms with van der Waals surface area (Å²) in [6.07, 6.45) is 3.90. The lowest BCUT2D eigenvalue weighted by atomic mass is 10.3. The Balaban J connectivity index is 0. The van der Waals surface area contributed by atoms with Gasteiger partial charge in [-0.25, -0.2) is 4.79 Å². The Morgan fingerprint density at radius 2 is 1.92 bits per heavy atom. The van der Waals surface area contributed by atoms with Crippen molar-refractivity contribution in [2.45, 2.75) is 13.3 Å². The average molecular weight is 194 g/mol. The van der Waals surface area contributed by atoms with Crippen LogP contribution >= 0.6 is 11.6 Å². The first kappa shape index (κ1) is 13.9. The van der Waals surface area contributed by atoms with Crippen molar-refractivity contribution in [3.05, 3.63) is 11.8 Å². The van der Waals surface area contributed by atoms with Crippen LogP contribution in [0.25, 0.3) is 0 Å². The molecule has 0 amide bonds. The van der Waals surface area contributed by atoms with Crippen LogP contribution in [0.4, 0.5) is 0 Å². The van der Waals surface area contributed by atoms with Crippen LogP contribution < -0.4 is 0 Å². The number of carboxylic acid groups (broad SMARTS) is 1. The molecule has 0 aromatic rings. The second-order valence-electron chi connectivity index (χ2n) is 2.20. The number of allylic oxidation sites excluding steroid dienone is 1. The summed E-state index contributed by atoms with van der Waals surface area (Å²) in [7, 11) is 3.44. The van der Waals surface area contributed by atoms with E-state index in [0.29, 0.717) is 5.70 Å². The number of carboxylic acids is 1. The lowest BCUT2D eigenvalue weighted by Gasteiger charge is -2.11. The topological polar surface area (TPSA) is 40.5 Å². The third kappa shape index (κ3) is 6.04. The maximum absolute atomic E-state index is 10.4. The molecule has 0 aliphatic carbocycles. The van der Waals surface area contributed by atoms with Gasteiger partial charge in [0.2, 0.25) is 0 Å². The molecule has 12 heavy (non-hydrogen) atoms. The molecule has 0 aromatic carbocycles. The number of alkyl halides is 1. The van der Waals surface area contributed by atoms with Crippen molar-refractivity contribution in [2.75, 3.05) is 20.5 Å². The van der Waals surface area contributed by atoms with Crippen LogP contribution in [-0.2, 0) is 4.79 Å². The normalized spacial score (nSPS) is 9.92. The van der Waals surface area contributed by atoms with Crippen molar-refractivity contribution in [1.29, 1.82) is 0 Å². The third-order valence-electron chi connectivity index (χ3n) is 1.10. The van der Waals surface area contributed by atoms with Crippen molar-refractivity contribution < 1.29 is 9.90 Å². The summed E-state index contributed by atoms with van der Waals surface area (Å²) in [5, 5.41) is 8.56. The summed E-state index contributed by atoms with van der Waals surface area (Å²) in [5.41, 5.74) is 0.350. The van der Waals surface area contributed by atoms with Gasteiger partial charge in [-0.2, -0.15) is 0 Å². The first-order chi connectivity index (χ1) is 5.59. The van der Waals surface area contributed by atoms with E-state index in [1.165, 1.54) is 6.38 Å². The van der Waals surface area contributed by atoms with E-state index >= 15 is 0 Å². The van der Waals surface area contributed by atoms with Gasteiger partial charge in [0.1, 0.15) is 5.70 Å². The molecule has 0 atom stereocenters. The number of halogens is 1. The molecule has 1 N–H and O–H groups in total. The van der Waals surface area contributed by atoms with E-state index in [1.54, 1.807) is 25.1 Å². The van der Waals surface area contributed by atoms with E-state index in [4.69, 9.17) is 5.11 Å². The molecule has 0 aromatic heterocycles. The number of likely N-dealkylation sites (N-methyl/N-ethyl adjacent to an activating group) is 1. The lowest BCUT2D eigenvalue weighted by molar-refractivity contribution is -0.134. The van der Waals surface area contributed by atoms with Gasteiger partial charge >= 0.3 is 5.97 Å². The smallest absolute Gasteiger partial charge is 0.351 e. The fourth-order valence-corrected chi connectivity index (χ4v) is 0.655. The maximum atomic E-state index is 10.4. The van der Waals surface area contributed by atoms with Gasteiger partial charge in [0.15, 0.2) is 0 Å². The molecule has 0 heterocycles. The predicted molar refractivity (Wildman–Crippen MR) is 51.5 cm³/mol. The van der Waals surface area contributed by atoms with Gasteiger partial charge < -0.3 is 10.0 Å². The average Bonchev–Trinajstić information content (AvgIpc) is 2.03. The Morgan fingerprint density at radius 1 is 1.50 bits per heavy atom. The Hall–Kier alpha value is -0.700. The molecule has 0 bridgehead atoms. The van der Waals surface area contributed by atoms with Crippen LogP contribution in [0.5, 0.6) is 0 Å².